The maximum atomic E-state index is 12.0. The third-order valence-corrected chi connectivity index (χ3v) is 3.44. The van der Waals surface area contributed by atoms with Crippen molar-refractivity contribution in [2.75, 3.05) is 6.54 Å². The van der Waals surface area contributed by atoms with E-state index < -0.39 is 12.6 Å². The van der Waals surface area contributed by atoms with Crippen LogP contribution >= 0.6 is 0 Å². The minimum absolute atomic E-state index is 0.169. The summed E-state index contributed by atoms with van der Waals surface area (Å²) in [6.45, 7) is 6.95. The summed E-state index contributed by atoms with van der Waals surface area (Å²) in [4.78, 5) is 0. The van der Waals surface area contributed by atoms with E-state index in [0.717, 1.165) is 0 Å². The minimum Gasteiger partial charge on any atom is -0.310 e. The number of hydrogen-bond donors (Lipinski definition) is 1. The van der Waals surface area contributed by atoms with Gasteiger partial charge in [-0.25, -0.2) is 0 Å². The first-order chi connectivity index (χ1) is 9.29. The van der Waals surface area contributed by atoms with Crippen molar-refractivity contribution in [1.82, 2.24) is 5.32 Å². The van der Waals surface area contributed by atoms with Gasteiger partial charge in [-0.15, -0.1) is 0 Å². The van der Waals surface area contributed by atoms with Gasteiger partial charge >= 0.3 is 6.18 Å². The fourth-order valence-electron chi connectivity index (χ4n) is 2.06. The van der Waals surface area contributed by atoms with E-state index in [1.807, 2.05) is 6.92 Å². The van der Waals surface area contributed by atoms with Gasteiger partial charge in [0.2, 0.25) is 0 Å². The second-order valence-corrected chi connectivity index (χ2v) is 5.57. The van der Waals surface area contributed by atoms with Crippen molar-refractivity contribution in [2.24, 2.45) is 0 Å². The average Bonchev–Trinajstić information content (AvgIpc) is 2.37. The largest absolute Gasteiger partial charge is 0.389 e. The van der Waals surface area contributed by atoms with E-state index in [4.69, 9.17) is 0 Å². The van der Waals surface area contributed by atoms with Crippen LogP contribution in [0.25, 0.3) is 0 Å². The topological polar surface area (TPSA) is 12.0 Å². The quantitative estimate of drug-likeness (QED) is 0.680. The Labute approximate surface area is 119 Å². The van der Waals surface area contributed by atoms with Crippen LogP contribution in [-0.4, -0.2) is 12.7 Å². The van der Waals surface area contributed by atoms with Crippen LogP contribution in [0.4, 0.5) is 13.2 Å². The zero-order chi connectivity index (χ0) is 15.2. The van der Waals surface area contributed by atoms with Crippen LogP contribution in [0.3, 0.4) is 0 Å². The molecular formula is C16H24F3N. The molecule has 1 atom stereocenters. The molecule has 1 unspecified atom stereocenters. The molecule has 0 aliphatic carbocycles. The van der Waals surface area contributed by atoms with Crippen LogP contribution < -0.4 is 5.32 Å². The molecule has 0 radical (unpaired) electrons. The molecule has 0 fully saturated rings. The Bertz CT molecular complexity index is 382. The van der Waals surface area contributed by atoms with Gasteiger partial charge in [-0.05, 0) is 43.4 Å². The van der Waals surface area contributed by atoms with Crippen LogP contribution in [0.2, 0.25) is 0 Å². The molecule has 1 rings (SSSR count). The SMILES string of the molecule is CC(C)c1ccc(C(C)NCCCCC(F)(F)F)cc1. The van der Waals surface area contributed by atoms with Crippen molar-refractivity contribution >= 4 is 0 Å². The molecule has 20 heavy (non-hydrogen) atoms. The molecule has 0 spiro atoms. The lowest BCUT2D eigenvalue weighted by molar-refractivity contribution is -0.135. The van der Waals surface area contributed by atoms with Crippen LogP contribution in [0.5, 0.6) is 0 Å². The first kappa shape index (κ1) is 17.0. The van der Waals surface area contributed by atoms with E-state index in [1.54, 1.807) is 0 Å². The standard InChI is InChI=1S/C16H24F3N/c1-12(2)14-6-8-15(9-7-14)13(3)20-11-5-4-10-16(17,18)19/h6-9,12-13,20H,4-5,10-11H2,1-3H3. The third-order valence-electron chi connectivity index (χ3n) is 3.44. The van der Waals surface area contributed by atoms with Crippen LogP contribution in [-0.2, 0) is 0 Å². The smallest absolute Gasteiger partial charge is 0.310 e. The lowest BCUT2D eigenvalue weighted by Crippen LogP contribution is -2.20. The Hall–Kier alpha value is -1.03. The molecule has 0 aromatic heterocycles. The lowest BCUT2D eigenvalue weighted by atomic mass is 9.99. The predicted molar refractivity (Wildman–Crippen MR) is 76.9 cm³/mol. The van der Waals surface area contributed by atoms with Gasteiger partial charge in [-0.3, -0.25) is 0 Å². The van der Waals surface area contributed by atoms with Gasteiger partial charge in [-0.1, -0.05) is 38.1 Å². The molecule has 0 aliphatic heterocycles. The van der Waals surface area contributed by atoms with E-state index in [-0.39, 0.29) is 12.5 Å². The maximum absolute atomic E-state index is 12.0. The average molecular weight is 287 g/mol. The highest BCUT2D eigenvalue weighted by Crippen LogP contribution is 2.22. The zero-order valence-corrected chi connectivity index (χ0v) is 12.4. The molecule has 0 amide bonds. The molecule has 1 aromatic rings. The molecule has 0 heterocycles. The first-order valence-corrected chi connectivity index (χ1v) is 7.19. The van der Waals surface area contributed by atoms with Gasteiger partial charge in [0, 0.05) is 12.5 Å². The number of unbranched alkanes of at least 4 members (excludes halogenated alkanes) is 1. The molecule has 0 aliphatic rings. The lowest BCUT2D eigenvalue weighted by Gasteiger charge is -2.15. The Morgan fingerprint density at radius 1 is 0.950 bits per heavy atom. The number of halogens is 3. The summed E-state index contributed by atoms with van der Waals surface area (Å²) in [5.41, 5.74) is 2.47. The maximum Gasteiger partial charge on any atom is 0.389 e. The zero-order valence-electron chi connectivity index (χ0n) is 12.4. The van der Waals surface area contributed by atoms with E-state index >= 15 is 0 Å². The second-order valence-electron chi connectivity index (χ2n) is 5.57. The molecule has 1 nitrogen and oxygen atoms in total. The predicted octanol–water partition coefficient (Wildman–Crippen LogP) is 5.19. The molecule has 0 bridgehead atoms. The highest BCUT2D eigenvalue weighted by Gasteiger charge is 2.25. The van der Waals surface area contributed by atoms with Crippen molar-refractivity contribution in [3.05, 3.63) is 35.4 Å². The van der Waals surface area contributed by atoms with Crippen molar-refractivity contribution in [3.63, 3.8) is 0 Å². The molecule has 1 N–H and O–H groups in total. The van der Waals surface area contributed by atoms with Gasteiger partial charge in [0.25, 0.3) is 0 Å². The molecule has 1 aromatic carbocycles. The summed E-state index contributed by atoms with van der Waals surface area (Å²) in [6.07, 6.45) is -3.98. The van der Waals surface area contributed by atoms with Crippen molar-refractivity contribution in [3.8, 4) is 0 Å². The number of benzene rings is 1. The fourth-order valence-corrected chi connectivity index (χ4v) is 2.06. The number of alkyl halides is 3. The third kappa shape index (κ3) is 6.42. The van der Waals surface area contributed by atoms with Gasteiger partial charge in [0.1, 0.15) is 0 Å². The summed E-state index contributed by atoms with van der Waals surface area (Å²) in [7, 11) is 0. The Kier molecular flexibility index (Phi) is 6.53. The fraction of sp³-hybridized carbons (Fsp3) is 0.625. The summed E-state index contributed by atoms with van der Waals surface area (Å²) in [5, 5.41) is 3.27. The normalized spacial score (nSPS) is 13.8. The Morgan fingerprint density at radius 2 is 1.50 bits per heavy atom. The molecule has 4 heteroatoms. The Morgan fingerprint density at radius 3 is 2.00 bits per heavy atom. The highest BCUT2D eigenvalue weighted by molar-refractivity contribution is 5.26. The molecule has 0 saturated heterocycles. The van der Waals surface area contributed by atoms with Crippen molar-refractivity contribution in [1.29, 1.82) is 0 Å². The second kappa shape index (κ2) is 7.67. The Balaban J connectivity index is 2.30. The monoisotopic (exact) mass is 287 g/mol. The van der Waals surface area contributed by atoms with Gasteiger partial charge in [0.15, 0.2) is 0 Å². The minimum atomic E-state index is -4.03. The van der Waals surface area contributed by atoms with Gasteiger partial charge in [0.05, 0.1) is 0 Å². The number of nitrogens with one attached hydrogen (secondary N) is 1. The van der Waals surface area contributed by atoms with Gasteiger partial charge in [-0.2, -0.15) is 13.2 Å². The van der Waals surface area contributed by atoms with Crippen LogP contribution in [0.1, 0.15) is 63.1 Å². The molecule has 0 saturated carbocycles. The van der Waals surface area contributed by atoms with E-state index in [2.05, 4.69) is 43.4 Å². The summed E-state index contributed by atoms with van der Waals surface area (Å²) in [6, 6.07) is 8.57. The molecule has 114 valence electrons. The summed E-state index contributed by atoms with van der Waals surface area (Å²) >= 11 is 0. The number of hydrogen-bond acceptors (Lipinski definition) is 1. The molecular weight excluding hydrogens is 263 g/mol. The van der Waals surface area contributed by atoms with Crippen LogP contribution in [0, 0.1) is 0 Å². The van der Waals surface area contributed by atoms with Crippen molar-refractivity contribution < 1.29 is 13.2 Å². The van der Waals surface area contributed by atoms with E-state index in [0.29, 0.717) is 18.9 Å². The highest BCUT2D eigenvalue weighted by atomic mass is 19.4. The van der Waals surface area contributed by atoms with Crippen LogP contribution in [0.15, 0.2) is 24.3 Å². The van der Waals surface area contributed by atoms with E-state index in [9.17, 15) is 13.2 Å². The van der Waals surface area contributed by atoms with Crippen molar-refractivity contribution in [2.45, 2.75) is 58.2 Å². The first-order valence-electron chi connectivity index (χ1n) is 7.19. The number of rotatable bonds is 7. The van der Waals surface area contributed by atoms with E-state index in [1.165, 1.54) is 11.1 Å². The summed E-state index contributed by atoms with van der Waals surface area (Å²) < 4.78 is 36.0. The summed E-state index contributed by atoms with van der Waals surface area (Å²) in [5.74, 6) is 0.509. The van der Waals surface area contributed by atoms with Gasteiger partial charge < -0.3 is 5.32 Å².